The number of sulfone groups is 1. The Morgan fingerprint density at radius 3 is 2.07 bits per heavy atom. The van der Waals surface area contributed by atoms with Gasteiger partial charge in [-0.2, -0.15) is 13.2 Å². The van der Waals surface area contributed by atoms with Crippen molar-refractivity contribution in [1.82, 2.24) is 29.7 Å². The summed E-state index contributed by atoms with van der Waals surface area (Å²) in [5.41, 5.74) is 4.62. The van der Waals surface area contributed by atoms with Crippen LogP contribution in [0.25, 0.3) is 17.2 Å². The van der Waals surface area contributed by atoms with Crippen molar-refractivity contribution in [2.45, 2.75) is 18.3 Å². The molecule has 0 atom stereocenters. The van der Waals surface area contributed by atoms with Gasteiger partial charge in [0.25, 0.3) is 0 Å². The number of pyridine rings is 1. The summed E-state index contributed by atoms with van der Waals surface area (Å²) in [6, 6.07) is 10.3. The van der Waals surface area contributed by atoms with E-state index in [0.717, 1.165) is 12.4 Å². The number of methoxy groups -OCH3 is 3. The lowest BCUT2D eigenvalue weighted by molar-refractivity contribution is -0.169. The fourth-order valence-corrected chi connectivity index (χ4v) is 4.72. The SMILES string of the molecule is COc1cccc(-c2nnc(CS(=O)(=O)CCc3ncc(F)cn3)n2-c2c(OC)cccc2OC)n1.NC(=O)C(F)(F)F. The number of primary amides is 1. The fourth-order valence-electron chi connectivity index (χ4n) is 3.50. The number of hydrogen-bond acceptors (Lipinski definition) is 11. The number of carbonyl (C=O) groups is 1. The molecule has 0 aliphatic heterocycles. The van der Waals surface area contributed by atoms with Crippen molar-refractivity contribution in [2.75, 3.05) is 27.1 Å². The molecule has 4 rings (SSSR count). The number of para-hydroxylation sites is 1. The van der Waals surface area contributed by atoms with Gasteiger partial charge in [0, 0.05) is 12.5 Å². The molecule has 0 saturated heterocycles. The molecule has 18 heteroatoms. The molecule has 230 valence electrons. The molecule has 1 aromatic carbocycles. The Balaban J connectivity index is 0.000000646. The van der Waals surface area contributed by atoms with Crippen molar-refractivity contribution in [3.8, 4) is 34.6 Å². The van der Waals surface area contributed by atoms with E-state index in [0.29, 0.717) is 28.8 Å². The molecule has 0 aliphatic rings. The second-order valence-corrected chi connectivity index (χ2v) is 10.6. The lowest BCUT2D eigenvalue weighted by Gasteiger charge is -2.17. The third kappa shape index (κ3) is 8.57. The zero-order chi connectivity index (χ0) is 31.8. The molecule has 3 aromatic heterocycles. The van der Waals surface area contributed by atoms with Crippen LogP contribution in [-0.4, -0.2) is 77.3 Å². The number of nitrogens with two attached hydrogens (primary N) is 1. The van der Waals surface area contributed by atoms with Crippen molar-refractivity contribution in [2.24, 2.45) is 5.73 Å². The van der Waals surface area contributed by atoms with Gasteiger partial charge in [0.05, 0.1) is 39.5 Å². The Bertz CT molecular complexity index is 1640. The fraction of sp³-hybridized carbons (Fsp3) is 0.280. The van der Waals surface area contributed by atoms with E-state index < -0.39 is 33.5 Å². The van der Waals surface area contributed by atoms with Crippen LogP contribution in [0.3, 0.4) is 0 Å². The number of aryl methyl sites for hydroxylation is 1. The van der Waals surface area contributed by atoms with Crippen molar-refractivity contribution < 1.29 is 45.0 Å². The van der Waals surface area contributed by atoms with Crippen molar-refractivity contribution >= 4 is 15.7 Å². The molecular formula is C25H25F4N7O6S. The van der Waals surface area contributed by atoms with Gasteiger partial charge in [-0.05, 0) is 18.2 Å². The normalized spacial score (nSPS) is 11.3. The third-order valence-corrected chi connectivity index (χ3v) is 6.98. The minimum atomic E-state index is -4.86. The van der Waals surface area contributed by atoms with Crippen LogP contribution in [0.2, 0.25) is 0 Å². The number of halogens is 4. The smallest absolute Gasteiger partial charge is 0.470 e. The predicted octanol–water partition coefficient (Wildman–Crippen LogP) is 2.48. The number of amides is 1. The highest BCUT2D eigenvalue weighted by Gasteiger charge is 2.35. The number of nitrogens with zero attached hydrogens (tertiary/aromatic N) is 6. The van der Waals surface area contributed by atoms with E-state index in [1.165, 1.54) is 21.3 Å². The van der Waals surface area contributed by atoms with Gasteiger partial charge in [0.1, 0.15) is 34.5 Å². The van der Waals surface area contributed by atoms with E-state index >= 15 is 0 Å². The maximum absolute atomic E-state index is 13.1. The number of alkyl halides is 3. The Kier molecular flexibility index (Phi) is 10.5. The third-order valence-electron chi connectivity index (χ3n) is 5.46. The summed E-state index contributed by atoms with van der Waals surface area (Å²) in [4.78, 5) is 21.2. The summed E-state index contributed by atoms with van der Waals surface area (Å²) in [6.45, 7) is 0. The number of hydrogen-bond donors (Lipinski definition) is 1. The average molecular weight is 628 g/mol. The quantitative estimate of drug-likeness (QED) is 0.256. The summed E-state index contributed by atoms with van der Waals surface area (Å²) in [5, 5.41) is 8.44. The van der Waals surface area contributed by atoms with E-state index in [2.05, 4.69) is 30.9 Å². The summed E-state index contributed by atoms with van der Waals surface area (Å²) < 4.78 is 89.2. The lowest BCUT2D eigenvalue weighted by Crippen LogP contribution is -2.30. The van der Waals surface area contributed by atoms with E-state index in [-0.39, 0.29) is 29.6 Å². The highest BCUT2D eigenvalue weighted by molar-refractivity contribution is 7.90. The number of carbonyl (C=O) groups excluding carboxylic acids is 1. The van der Waals surface area contributed by atoms with Gasteiger partial charge in [-0.3, -0.25) is 9.36 Å². The highest BCUT2D eigenvalue weighted by Crippen LogP contribution is 2.36. The van der Waals surface area contributed by atoms with Crippen molar-refractivity contribution in [1.29, 1.82) is 0 Å². The Morgan fingerprint density at radius 1 is 0.953 bits per heavy atom. The van der Waals surface area contributed by atoms with Gasteiger partial charge in [-0.25, -0.2) is 27.8 Å². The predicted molar refractivity (Wildman–Crippen MR) is 143 cm³/mol. The topological polar surface area (TPSA) is 174 Å². The summed E-state index contributed by atoms with van der Waals surface area (Å²) in [5.74, 6) is -1.80. The maximum atomic E-state index is 13.1. The average Bonchev–Trinajstić information content (AvgIpc) is 3.38. The summed E-state index contributed by atoms with van der Waals surface area (Å²) in [7, 11) is 0.753. The molecule has 0 fully saturated rings. The minimum Gasteiger partial charge on any atom is -0.494 e. The molecule has 3 heterocycles. The Labute approximate surface area is 242 Å². The second-order valence-electron chi connectivity index (χ2n) is 8.37. The largest absolute Gasteiger partial charge is 0.494 e. The molecule has 13 nitrogen and oxygen atoms in total. The molecule has 0 spiro atoms. The maximum Gasteiger partial charge on any atom is 0.470 e. The van der Waals surface area contributed by atoms with Crippen LogP contribution in [0.4, 0.5) is 17.6 Å². The second kappa shape index (κ2) is 13.9. The van der Waals surface area contributed by atoms with Crippen molar-refractivity contribution in [3.63, 3.8) is 0 Å². The summed E-state index contributed by atoms with van der Waals surface area (Å²) >= 11 is 0. The van der Waals surface area contributed by atoms with Gasteiger partial charge in [-0.1, -0.05) is 12.1 Å². The van der Waals surface area contributed by atoms with E-state index in [1.54, 1.807) is 41.0 Å². The molecule has 0 radical (unpaired) electrons. The first-order valence-electron chi connectivity index (χ1n) is 12.0. The minimum absolute atomic E-state index is 0.0129. The molecule has 0 unspecified atom stereocenters. The van der Waals surface area contributed by atoms with E-state index in [1.807, 2.05) is 0 Å². The number of benzene rings is 1. The van der Waals surface area contributed by atoms with Gasteiger partial charge in [0.2, 0.25) is 5.88 Å². The lowest BCUT2D eigenvalue weighted by atomic mass is 10.2. The number of rotatable bonds is 10. The molecule has 4 aromatic rings. The van der Waals surface area contributed by atoms with Crippen molar-refractivity contribution in [3.05, 3.63) is 66.3 Å². The first-order valence-corrected chi connectivity index (χ1v) is 13.8. The molecular weight excluding hydrogens is 602 g/mol. The molecule has 43 heavy (non-hydrogen) atoms. The molecule has 1 amide bonds. The van der Waals surface area contributed by atoms with Crippen LogP contribution in [0, 0.1) is 5.82 Å². The van der Waals surface area contributed by atoms with Crippen LogP contribution in [0.1, 0.15) is 11.6 Å². The van der Waals surface area contributed by atoms with Crippen LogP contribution in [0.5, 0.6) is 17.4 Å². The van der Waals surface area contributed by atoms with Crippen LogP contribution in [0.15, 0.2) is 48.8 Å². The van der Waals surface area contributed by atoms with Gasteiger partial charge in [0.15, 0.2) is 27.3 Å². The first-order chi connectivity index (χ1) is 20.3. The zero-order valence-corrected chi connectivity index (χ0v) is 23.7. The van der Waals surface area contributed by atoms with Crippen LogP contribution in [-0.2, 0) is 26.8 Å². The monoisotopic (exact) mass is 627 g/mol. The molecule has 0 bridgehead atoms. The van der Waals surface area contributed by atoms with Crippen LogP contribution < -0.4 is 19.9 Å². The van der Waals surface area contributed by atoms with Gasteiger partial charge >= 0.3 is 12.1 Å². The number of ether oxygens (including phenoxy) is 3. The Morgan fingerprint density at radius 2 is 1.53 bits per heavy atom. The van der Waals surface area contributed by atoms with E-state index in [4.69, 9.17) is 19.0 Å². The molecule has 0 aliphatic carbocycles. The summed E-state index contributed by atoms with van der Waals surface area (Å²) in [6.07, 6.45) is -2.86. The standard InChI is InChI=1S/C23H23FN6O5S.C2H2F3NO/c1-33-17-7-5-8-18(34-2)22(17)30-20(28-29-23(30)16-6-4-9-21(27-16)35-3)14-36(31,32)11-10-19-25-12-15(24)13-26-19;3-2(4,5)1(6)7/h4-9,12-13H,10-11,14H2,1-3H3;(H2,6,7). The van der Waals surface area contributed by atoms with Gasteiger partial charge < -0.3 is 19.9 Å². The van der Waals surface area contributed by atoms with E-state index in [9.17, 15) is 26.0 Å². The zero-order valence-electron chi connectivity index (χ0n) is 22.9. The highest BCUT2D eigenvalue weighted by atomic mass is 32.2. The first kappa shape index (κ1) is 32.6. The number of aromatic nitrogens is 6. The van der Waals surface area contributed by atoms with Crippen LogP contribution >= 0.6 is 0 Å². The van der Waals surface area contributed by atoms with Gasteiger partial charge in [-0.15, -0.1) is 10.2 Å². The Hall–Kier alpha value is -4.87. The molecule has 2 N–H and O–H groups in total. The molecule has 0 saturated carbocycles.